The minimum atomic E-state index is -0.944. The van der Waals surface area contributed by atoms with E-state index in [1.54, 1.807) is 30.5 Å². The maximum absolute atomic E-state index is 11.0. The molecule has 0 unspecified atom stereocenters. The Kier molecular flexibility index (Phi) is 3.31. The summed E-state index contributed by atoms with van der Waals surface area (Å²) >= 11 is 0. The lowest BCUT2D eigenvalue weighted by Gasteiger charge is -1.99. The third-order valence-electron chi connectivity index (χ3n) is 2.30. The van der Waals surface area contributed by atoms with Crippen LogP contribution in [0.4, 0.5) is 5.69 Å². The van der Waals surface area contributed by atoms with Crippen molar-refractivity contribution in [2.24, 2.45) is 4.99 Å². The summed E-state index contributed by atoms with van der Waals surface area (Å²) in [6.45, 7) is 0. The van der Waals surface area contributed by atoms with Crippen LogP contribution in [0.5, 0.6) is 0 Å². The third kappa shape index (κ3) is 2.78. The number of benzene rings is 2. The number of carboxylic acids is 1. The molecule has 0 amide bonds. The first kappa shape index (κ1) is 11.1. The number of aliphatic imine (C=N–C) groups is 1. The van der Waals surface area contributed by atoms with Crippen molar-refractivity contribution >= 4 is 17.9 Å². The average molecular weight is 225 g/mol. The van der Waals surface area contributed by atoms with Gasteiger partial charge in [-0.05, 0) is 18.2 Å². The Balaban J connectivity index is 2.30. The molecule has 0 saturated heterocycles. The molecule has 2 aromatic carbocycles. The molecule has 0 spiro atoms. The molecule has 0 bridgehead atoms. The SMILES string of the molecule is O=C(O)c1ccccc1/C=N\c1ccccc1. The summed E-state index contributed by atoms with van der Waals surface area (Å²) in [5, 5.41) is 9.00. The minimum Gasteiger partial charge on any atom is -0.478 e. The summed E-state index contributed by atoms with van der Waals surface area (Å²) in [5.41, 5.74) is 1.66. The van der Waals surface area contributed by atoms with Gasteiger partial charge >= 0.3 is 5.97 Å². The summed E-state index contributed by atoms with van der Waals surface area (Å²) < 4.78 is 0. The van der Waals surface area contributed by atoms with E-state index in [2.05, 4.69) is 4.99 Å². The number of aromatic carboxylic acids is 1. The molecule has 0 fully saturated rings. The van der Waals surface area contributed by atoms with Crippen molar-refractivity contribution in [1.29, 1.82) is 0 Å². The zero-order valence-corrected chi connectivity index (χ0v) is 9.08. The van der Waals surface area contributed by atoms with Crippen molar-refractivity contribution < 1.29 is 9.90 Å². The van der Waals surface area contributed by atoms with Gasteiger partial charge < -0.3 is 5.11 Å². The largest absolute Gasteiger partial charge is 0.478 e. The van der Waals surface area contributed by atoms with E-state index in [1.807, 2.05) is 30.3 Å². The van der Waals surface area contributed by atoms with Gasteiger partial charge in [-0.3, -0.25) is 4.99 Å². The van der Waals surface area contributed by atoms with Crippen LogP contribution >= 0.6 is 0 Å². The minimum absolute atomic E-state index is 0.257. The van der Waals surface area contributed by atoms with Gasteiger partial charge in [-0.2, -0.15) is 0 Å². The van der Waals surface area contributed by atoms with Crippen LogP contribution in [0.3, 0.4) is 0 Å². The highest BCUT2D eigenvalue weighted by atomic mass is 16.4. The number of rotatable bonds is 3. The van der Waals surface area contributed by atoms with Gasteiger partial charge in [0.1, 0.15) is 0 Å². The Morgan fingerprint density at radius 2 is 1.65 bits per heavy atom. The number of hydrogen-bond donors (Lipinski definition) is 1. The molecule has 3 heteroatoms. The Hall–Kier alpha value is -2.42. The predicted octanol–water partition coefficient (Wildman–Crippen LogP) is 3.14. The zero-order chi connectivity index (χ0) is 12.1. The lowest BCUT2D eigenvalue weighted by atomic mass is 10.1. The quantitative estimate of drug-likeness (QED) is 0.816. The van der Waals surface area contributed by atoms with E-state index in [0.717, 1.165) is 5.69 Å². The summed E-state index contributed by atoms with van der Waals surface area (Å²) in [7, 11) is 0. The molecular formula is C14H11NO2. The monoisotopic (exact) mass is 225 g/mol. The summed E-state index contributed by atoms with van der Waals surface area (Å²) in [6.07, 6.45) is 1.57. The average Bonchev–Trinajstić information content (AvgIpc) is 2.38. The maximum atomic E-state index is 11.0. The van der Waals surface area contributed by atoms with E-state index in [-0.39, 0.29) is 5.56 Å². The van der Waals surface area contributed by atoms with Crippen LogP contribution in [-0.2, 0) is 0 Å². The number of nitrogens with zero attached hydrogens (tertiary/aromatic N) is 1. The first-order chi connectivity index (χ1) is 8.27. The Morgan fingerprint density at radius 1 is 1.00 bits per heavy atom. The van der Waals surface area contributed by atoms with Gasteiger partial charge in [0.05, 0.1) is 11.3 Å². The molecule has 0 aliphatic heterocycles. The van der Waals surface area contributed by atoms with E-state index < -0.39 is 5.97 Å². The van der Waals surface area contributed by atoms with E-state index >= 15 is 0 Å². The number of carboxylic acid groups (broad SMARTS) is 1. The highest BCUT2D eigenvalue weighted by Crippen LogP contribution is 2.11. The van der Waals surface area contributed by atoms with Crippen molar-refractivity contribution in [2.75, 3.05) is 0 Å². The van der Waals surface area contributed by atoms with Gasteiger partial charge in [0.25, 0.3) is 0 Å². The molecule has 0 radical (unpaired) electrons. The van der Waals surface area contributed by atoms with Crippen molar-refractivity contribution in [1.82, 2.24) is 0 Å². The fourth-order valence-corrected chi connectivity index (χ4v) is 1.46. The standard InChI is InChI=1S/C14H11NO2/c16-14(17)13-9-5-4-6-11(13)10-15-12-7-2-1-3-8-12/h1-10H,(H,16,17)/b15-10-. The molecule has 2 rings (SSSR count). The topological polar surface area (TPSA) is 49.7 Å². The fraction of sp³-hybridized carbons (Fsp3) is 0. The summed E-state index contributed by atoms with van der Waals surface area (Å²) in [6, 6.07) is 16.2. The van der Waals surface area contributed by atoms with E-state index in [4.69, 9.17) is 5.11 Å². The predicted molar refractivity (Wildman–Crippen MR) is 67.1 cm³/mol. The van der Waals surface area contributed by atoms with Crippen LogP contribution in [0, 0.1) is 0 Å². The molecule has 84 valence electrons. The van der Waals surface area contributed by atoms with Crippen LogP contribution in [0.15, 0.2) is 59.6 Å². The molecular weight excluding hydrogens is 214 g/mol. The summed E-state index contributed by atoms with van der Waals surface area (Å²) in [4.78, 5) is 15.2. The Morgan fingerprint density at radius 3 is 2.35 bits per heavy atom. The molecule has 3 nitrogen and oxygen atoms in total. The van der Waals surface area contributed by atoms with Gasteiger partial charge in [-0.25, -0.2) is 4.79 Å². The van der Waals surface area contributed by atoms with Crippen molar-refractivity contribution in [3.8, 4) is 0 Å². The second kappa shape index (κ2) is 5.07. The summed E-state index contributed by atoms with van der Waals surface area (Å²) in [5.74, 6) is -0.944. The molecule has 2 aromatic rings. The smallest absolute Gasteiger partial charge is 0.336 e. The van der Waals surface area contributed by atoms with E-state index in [0.29, 0.717) is 5.56 Å². The van der Waals surface area contributed by atoms with E-state index in [1.165, 1.54) is 0 Å². The lowest BCUT2D eigenvalue weighted by Crippen LogP contribution is -2.00. The fourth-order valence-electron chi connectivity index (χ4n) is 1.46. The molecule has 0 heterocycles. The molecule has 0 aliphatic rings. The maximum Gasteiger partial charge on any atom is 0.336 e. The van der Waals surface area contributed by atoms with Gasteiger partial charge in [-0.1, -0.05) is 36.4 Å². The molecule has 0 saturated carbocycles. The van der Waals surface area contributed by atoms with Crippen molar-refractivity contribution in [3.05, 3.63) is 65.7 Å². The Labute approximate surface area is 99.1 Å². The van der Waals surface area contributed by atoms with Gasteiger partial charge in [0.15, 0.2) is 0 Å². The number of hydrogen-bond acceptors (Lipinski definition) is 2. The van der Waals surface area contributed by atoms with E-state index in [9.17, 15) is 4.79 Å². The van der Waals surface area contributed by atoms with Crippen LogP contribution in [0.2, 0.25) is 0 Å². The van der Waals surface area contributed by atoms with Gasteiger partial charge in [0, 0.05) is 11.8 Å². The number of carbonyl (C=O) groups is 1. The lowest BCUT2D eigenvalue weighted by molar-refractivity contribution is 0.0697. The zero-order valence-electron chi connectivity index (χ0n) is 9.08. The van der Waals surface area contributed by atoms with Gasteiger partial charge in [0.2, 0.25) is 0 Å². The molecule has 0 atom stereocenters. The van der Waals surface area contributed by atoms with Crippen LogP contribution in [0.25, 0.3) is 0 Å². The third-order valence-corrected chi connectivity index (χ3v) is 2.30. The second-order valence-corrected chi connectivity index (χ2v) is 3.49. The Bertz CT molecular complexity index is 547. The normalized spacial score (nSPS) is 10.6. The van der Waals surface area contributed by atoms with Crippen LogP contribution in [-0.4, -0.2) is 17.3 Å². The first-order valence-corrected chi connectivity index (χ1v) is 5.19. The first-order valence-electron chi connectivity index (χ1n) is 5.19. The molecule has 17 heavy (non-hydrogen) atoms. The number of para-hydroxylation sites is 1. The highest BCUT2D eigenvalue weighted by molar-refractivity contribution is 5.98. The van der Waals surface area contributed by atoms with Gasteiger partial charge in [-0.15, -0.1) is 0 Å². The molecule has 0 aromatic heterocycles. The van der Waals surface area contributed by atoms with Crippen LogP contribution < -0.4 is 0 Å². The van der Waals surface area contributed by atoms with Crippen LogP contribution in [0.1, 0.15) is 15.9 Å². The highest BCUT2D eigenvalue weighted by Gasteiger charge is 2.06. The second-order valence-electron chi connectivity index (χ2n) is 3.49. The van der Waals surface area contributed by atoms with Crippen molar-refractivity contribution in [2.45, 2.75) is 0 Å². The van der Waals surface area contributed by atoms with Crippen molar-refractivity contribution in [3.63, 3.8) is 0 Å². The molecule has 1 N–H and O–H groups in total. The molecule has 0 aliphatic carbocycles.